The maximum absolute atomic E-state index is 12.6. The smallest absolute Gasteiger partial charge is 0.420 e. The quantitative estimate of drug-likeness (QED) is 0.507. The summed E-state index contributed by atoms with van der Waals surface area (Å²) in [6.45, 7) is 5.27. The van der Waals surface area contributed by atoms with Gasteiger partial charge in [-0.25, -0.2) is 9.59 Å². The second-order valence-corrected chi connectivity index (χ2v) is 8.89. The van der Waals surface area contributed by atoms with Crippen LogP contribution in [0.1, 0.15) is 22.3 Å². The third-order valence-corrected chi connectivity index (χ3v) is 6.18. The van der Waals surface area contributed by atoms with Crippen molar-refractivity contribution in [3.8, 4) is 0 Å². The zero-order chi connectivity index (χ0) is 24.9. The van der Waals surface area contributed by atoms with Crippen molar-refractivity contribution in [2.24, 2.45) is 0 Å². The molecule has 4 rings (SSSR count). The summed E-state index contributed by atoms with van der Waals surface area (Å²) in [6.07, 6.45) is -0.286. The van der Waals surface area contributed by atoms with Crippen molar-refractivity contribution in [3.05, 3.63) is 64.1 Å². The summed E-state index contributed by atoms with van der Waals surface area (Å²) >= 11 is 0. The number of piperazine rings is 1. The molecule has 0 aliphatic carbocycles. The molecule has 1 aromatic heterocycles. The van der Waals surface area contributed by atoms with Crippen molar-refractivity contribution >= 4 is 28.8 Å². The average Bonchev–Trinajstić information content (AvgIpc) is 3.16. The monoisotopic (exact) mass is 481 g/mol. The molecule has 1 saturated heterocycles. The van der Waals surface area contributed by atoms with Gasteiger partial charge in [-0.1, -0.05) is 12.1 Å². The number of oxazole rings is 1. The number of benzene rings is 2. The molecule has 2 aromatic carbocycles. The lowest BCUT2D eigenvalue weighted by atomic mass is 10.1. The zero-order valence-corrected chi connectivity index (χ0v) is 20.1. The summed E-state index contributed by atoms with van der Waals surface area (Å²) in [4.78, 5) is 42.1. The molecule has 2 N–H and O–H groups in total. The fraction of sp³-hybridized carbons (Fsp3) is 0.400. The van der Waals surface area contributed by atoms with Crippen molar-refractivity contribution in [3.63, 3.8) is 0 Å². The van der Waals surface area contributed by atoms with Crippen molar-refractivity contribution in [1.82, 2.24) is 19.7 Å². The fourth-order valence-electron chi connectivity index (χ4n) is 4.33. The lowest BCUT2D eigenvalue weighted by Gasteiger charge is -2.28. The van der Waals surface area contributed by atoms with E-state index in [9.17, 15) is 19.5 Å². The lowest BCUT2D eigenvalue weighted by molar-refractivity contribution is 0.0827. The Bertz CT molecular complexity index is 1260. The average molecular weight is 482 g/mol. The number of rotatable bonds is 8. The van der Waals surface area contributed by atoms with Gasteiger partial charge in [-0.15, -0.1) is 0 Å². The van der Waals surface area contributed by atoms with Crippen LogP contribution in [0.2, 0.25) is 0 Å². The highest BCUT2D eigenvalue weighted by atomic mass is 16.4. The Labute approximate surface area is 203 Å². The number of nitrogens with one attached hydrogen (secondary N) is 1. The first-order chi connectivity index (χ1) is 16.8. The Hall–Kier alpha value is -3.63. The third kappa shape index (κ3) is 5.72. The van der Waals surface area contributed by atoms with Crippen LogP contribution in [0, 0.1) is 0 Å². The maximum atomic E-state index is 12.6. The van der Waals surface area contributed by atoms with Crippen LogP contribution in [0.15, 0.2) is 51.7 Å². The van der Waals surface area contributed by atoms with E-state index >= 15 is 0 Å². The van der Waals surface area contributed by atoms with Gasteiger partial charge in [0.2, 0.25) is 0 Å². The minimum Gasteiger partial charge on any atom is -0.465 e. The number of carbonyl (C=O) groups excluding carboxylic acids is 1. The molecule has 0 unspecified atom stereocenters. The van der Waals surface area contributed by atoms with E-state index in [0.717, 1.165) is 44.7 Å². The van der Waals surface area contributed by atoms with Gasteiger partial charge in [-0.2, -0.15) is 0 Å². The summed E-state index contributed by atoms with van der Waals surface area (Å²) < 4.78 is 6.82. The van der Waals surface area contributed by atoms with E-state index in [1.54, 1.807) is 50.5 Å². The maximum Gasteiger partial charge on any atom is 0.420 e. The molecule has 2 heterocycles. The first-order valence-corrected chi connectivity index (χ1v) is 11.7. The molecule has 35 heavy (non-hydrogen) atoms. The molecule has 0 radical (unpaired) electrons. The van der Waals surface area contributed by atoms with Gasteiger partial charge in [0.15, 0.2) is 5.58 Å². The van der Waals surface area contributed by atoms with E-state index in [2.05, 4.69) is 10.2 Å². The summed E-state index contributed by atoms with van der Waals surface area (Å²) in [5.74, 6) is -0.710. The SMILES string of the molecule is CN(C)C(=O)c1ccc2oc(=O)n(Cc3cccc(N(CCCN4CCNCC4)C(=O)O)c3)c2c1. The normalized spacial score (nSPS) is 14.2. The van der Waals surface area contributed by atoms with Crippen LogP contribution in [0.3, 0.4) is 0 Å². The summed E-state index contributed by atoms with van der Waals surface area (Å²) in [5.41, 5.74) is 2.66. The lowest BCUT2D eigenvalue weighted by Crippen LogP contribution is -2.44. The molecule has 0 bridgehead atoms. The van der Waals surface area contributed by atoms with Gasteiger partial charge in [0.25, 0.3) is 5.91 Å². The Balaban J connectivity index is 1.53. The first-order valence-electron chi connectivity index (χ1n) is 11.7. The van der Waals surface area contributed by atoms with Gasteiger partial charge in [-0.3, -0.25) is 14.3 Å². The second-order valence-electron chi connectivity index (χ2n) is 8.89. The van der Waals surface area contributed by atoms with E-state index in [-0.39, 0.29) is 12.5 Å². The molecule has 10 heteroatoms. The van der Waals surface area contributed by atoms with Gasteiger partial charge in [0.1, 0.15) is 0 Å². The van der Waals surface area contributed by atoms with Crippen LogP contribution in [-0.2, 0) is 6.54 Å². The zero-order valence-electron chi connectivity index (χ0n) is 20.1. The number of hydrogen-bond donors (Lipinski definition) is 2. The van der Waals surface area contributed by atoms with Gasteiger partial charge >= 0.3 is 11.8 Å². The van der Waals surface area contributed by atoms with Crippen molar-refractivity contribution in [2.75, 3.05) is 58.3 Å². The number of fused-ring (bicyclic) bond motifs is 1. The van der Waals surface area contributed by atoms with Gasteiger partial charge in [0.05, 0.1) is 12.1 Å². The molecule has 0 saturated carbocycles. The van der Waals surface area contributed by atoms with Gasteiger partial charge in [0, 0.05) is 58.1 Å². The van der Waals surface area contributed by atoms with Crippen LogP contribution in [0.4, 0.5) is 10.5 Å². The molecule has 10 nitrogen and oxygen atoms in total. The molecule has 1 aliphatic heterocycles. The molecule has 3 aromatic rings. The van der Waals surface area contributed by atoms with E-state index in [4.69, 9.17) is 4.42 Å². The highest BCUT2D eigenvalue weighted by Crippen LogP contribution is 2.21. The Morgan fingerprint density at radius 2 is 1.89 bits per heavy atom. The van der Waals surface area contributed by atoms with E-state index in [0.29, 0.717) is 28.9 Å². The van der Waals surface area contributed by atoms with Crippen LogP contribution in [0.5, 0.6) is 0 Å². The number of carboxylic acid groups (broad SMARTS) is 1. The minimum absolute atomic E-state index is 0.174. The number of carbonyl (C=O) groups is 2. The summed E-state index contributed by atoms with van der Waals surface area (Å²) in [6, 6.07) is 12.0. The number of aromatic nitrogens is 1. The standard InChI is InChI=1S/C25H31N5O5/c1-27(2)23(31)19-7-8-22-21(16-19)30(25(34)35-22)17-18-5-3-6-20(15-18)29(24(32)33)12-4-11-28-13-9-26-10-14-28/h3,5-8,15-16,26H,4,9-14,17H2,1-2H3,(H,32,33). The molecular weight excluding hydrogens is 450 g/mol. The van der Waals surface area contributed by atoms with E-state index in [1.807, 2.05) is 6.07 Å². The predicted octanol–water partition coefficient (Wildman–Crippen LogP) is 2.12. The van der Waals surface area contributed by atoms with Crippen molar-refractivity contribution in [1.29, 1.82) is 0 Å². The fourth-order valence-corrected chi connectivity index (χ4v) is 4.33. The van der Waals surface area contributed by atoms with Crippen molar-refractivity contribution in [2.45, 2.75) is 13.0 Å². The Kier molecular flexibility index (Phi) is 7.52. The first kappa shape index (κ1) is 24.5. The highest BCUT2D eigenvalue weighted by Gasteiger charge is 2.18. The molecule has 2 amide bonds. The highest BCUT2D eigenvalue weighted by molar-refractivity contribution is 5.96. The second kappa shape index (κ2) is 10.7. The molecule has 1 fully saturated rings. The summed E-state index contributed by atoms with van der Waals surface area (Å²) in [7, 11) is 3.33. The molecule has 0 atom stereocenters. The number of anilines is 1. The van der Waals surface area contributed by atoms with Crippen molar-refractivity contribution < 1.29 is 19.1 Å². The number of nitrogens with zero attached hydrogens (tertiary/aromatic N) is 4. The van der Waals surface area contributed by atoms with Crippen LogP contribution >= 0.6 is 0 Å². The Morgan fingerprint density at radius 1 is 1.11 bits per heavy atom. The number of hydrogen-bond acceptors (Lipinski definition) is 6. The van der Waals surface area contributed by atoms with E-state index < -0.39 is 11.8 Å². The molecule has 1 aliphatic rings. The largest absolute Gasteiger partial charge is 0.465 e. The van der Waals surface area contributed by atoms with Gasteiger partial charge < -0.3 is 24.6 Å². The third-order valence-electron chi connectivity index (χ3n) is 6.18. The minimum atomic E-state index is -1.01. The summed E-state index contributed by atoms with van der Waals surface area (Å²) in [5, 5.41) is 13.1. The molecule has 186 valence electrons. The Morgan fingerprint density at radius 3 is 2.60 bits per heavy atom. The topological polar surface area (TPSA) is 111 Å². The van der Waals surface area contributed by atoms with Gasteiger partial charge in [-0.05, 0) is 48.9 Å². The van der Waals surface area contributed by atoms with Crippen LogP contribution in [0.25, 0.3) is 11.1 Å². The van der Waals surface area contributed by atoms with Crippen LogP contribution in [-0.4, -0.2) is 84.8 Å². The molecule has 0 spiro atoms. The number of amides is 2. The van der Waals surface area contributed by atoms with Crippen LogP contribution < -0.4 is 16.0 Å². The predicted molar refractivity (Wildman–Crippen MR) is 133 cm³/mol. The molecular formula is C25H31N5O5. The van der Waals surface area contributed by atoms with E-state index in [1.165, 1.54) is 14.4 Å².